The van der Waals surface area contributed by atoms with Crippen molar-refractivity contribution in [2.75, 3.05) is 11.1 Å². The summed E-state index contributed by atoms with van der Waals surface area (Å²) < 4.78 is 0. The minimum Gasteiger partial charge on any atom is -0.396 e. The van der Waals surface area contributed by atoms with E-state index in [1.807, 2.05) is 30.3 Å². The van der Waals surface area contributed by atoms with Crippen LogP contribution in [0.4, 0.5) is 17.1 Å². The maximum atomic E-state index is 5.87. The van der Waals surface area contributed by atoms with Gasteiger partial charge in [-0.05, 0) is 24.3 Å². The number of nitrogens with two attached hydrogens (primary N) is 1. The molecule has 0 radical (unpaired) electrons. The van der Waals surface area contributed by atoms with Crippen molar-refractivity contribution >= 4 is 28.7 Å². The topological polar surface area (TPSA) is 50.9 Å². The lowest BCUT2D eigenvalue weighted by Gasteiger charge is -2.08. The summed E-state index contributed by atoms with van der Waals surface area (Å²) in [7, 11) is 0. The van der Waals surface area contributed by atoms with Gasteiger partial charge in [0.15, 0.2) is 0 Å². The Balaban J connectivity index is 2.26. The predicted molar refractivity (Wildman–Crippen MR) is 63.4 cm³/mol. The molecule has 0 unspecified atom stereocenters. The van der Waals surface area contributed by atoms with E-state index in [-0.39, 0.29) is 0 Å². The number of nitrogens with one attached hydrogen (secondary N) is 1. The van der Waals surface area contributed by atoms with Crippen LogP contribution in [-0.4, -0.2) is 4.98 Å². The van der Waals surface area contributed by atoms with Gasteiger partial charge in [0.1, 0.15) is 0 Å². The minimum atomic E-state index is 0.609. The Morgan fingerprint density at radius 2 is 2.13 bits per heavy atom. The molecule has 0 aliphatic heterocycles. The number of halogens is 1. The number of rotatable bonds is 2. The zero-order valence-corrected chi connectivity index (χ0v) is 8.70. The zero-order chi connectivity index (χ0) is 10.7. The molecule has 0 bridgehead atoms. The van der Waals surface area contributed by atoms with Crippen LogP contribution >= 0.6 is 11.6 Å². The number of benzene rings is 1. The molecule has 4 heteroatoms. The van der Waals surface area contributed by atoms with Gasteiger partial charge in [-0.15, -0.1) is 0 Å². The van der Waals surface area contributed by atoms with E-state index in [0.717, 1.165) is 11.4 Å². The quantitative estimate of drug-likeness (QED) is 0.816. The third-order valence-electron chi connectivity index (χ3n) is 1.96. The first-order valence-electron chi connectivity index (χ1n) is 4.48. The fraction of sp³-hybridized carbons (Fsp3) is 0. The Bertz CT molecular complexity index is 471. The first-order chi connectivity index (χ1) is 7.25. The van der Waals surface area contributed by atoms with Crippen molar-refractivity contribution in [2.45, 2.75) is 0 Å². The molecule has 1 aromatic heterocycles. The van der Waals surface area contributed by atoms with Crippen LogP contribution in [0.5, 0.6) is 0 Å². The number of nitrogens with zero attached hydrogens (tertiary/aromatic N) is 1. The Hall–Kier alpha value is -1.74. The standard InChI is InChI=1S/C11H10ClN3/c12-8-2-1-3-9(6-8)15-11-4-5-14-7-10(11)13/h1-7H,13H2,(H,14,15). The third-order valence-corrected chi connectivity index (χ3v) is 2.19. The van der Waals surface area contributed by atoms with E-state index < -0.39 is 0 Å². The van der Waals surface area contributed by atoms with Gasteiger partial charge in [0.25, 0.3) is 0 Å². The summed E-state index contributed by atoms with van der Waals surface area (Å²) in [6, 6.07) is 9.27. The number of nitrogen functional groups attached to an aromatic ring is 1. The van der Waals surface area contributed by atoms with Crippen molar-refractivity contribution in [1.82, 2.24) is 4.98 Å². The number of hydrogen-bond donors (Lipinski definition) is 2. The molecule has 0 aliphatic rings. The van der Waals surface area contributed by atoms with E-state index in [0.29, 0.717) is 10.7 Å². The second kappa shape index (κ2) is 4.19. The Labute approximate surface area is 92.9 Å². The minimum absolute atomic E-state index is 0.609. The molecule has 2 aromatic rings. The van der Waals surface area contributed by atoms with E-state index >= 15 is 0 Å². The molecule has 0 atom stereocenters. The van der Waals surface area contributed by atoms with Gasteiger partial charge in [-0.25, -0.2) is 0 Å². The summed E-state index contributed by atoms with van der Waals surface area (Å²) in [6.07, 6.45) is 3.29. The fourth-order valence-electron chi connectivity index (χ4n) is 1.24. The summed E-state index contributed by atoms with van der Waals surface area (Å²) in [4.78, 5) is 3.91. The van der Waals surface area contributed by atoms with Crippen molar-refractivity contribution in [3.63, 3.8) is 0 Å². The summed E-state index contributed by atoms with van der Waals surface area (Å²) >= 11 is 5.87. The van der Waals surface area contributed by atoms with E-state index in [1.54, 1.807) is 12.4 Å². The maximum Gasteiger partial charge on any atom is 0.0739 e. The predicted octanol–water partition coefficient (Wildman–Crippen LogP) is 3.06. The van der Waals surface area contributed by atoms with E-state index in [9.17, 15) is 0 Å². The molecule has 0 amide bonds. The second-order valence-electron chi connectivity index (χ2n) is 3.10. The van der Waals surface area contributed by atoms with Gasteiger partial charge in [0.2, 0.25) is 0 Å². The second-order valence-corrected chi connectivity index (χ2v) is 3.53. The first kappa shape index (κ1) is 9.80. The Kier molecular flexibility index (Phi) is 2.74. The number of pyridine rings is 1. The molecule has 1 heterocycles. The van der Waals surface area contributed by atoms with Gasteiger partial charge in [-0.3, -0.25) is 4.98 Å². The van der Waals surface area contributed by atoms with Crippen LogP contribution in [0.1, 0.15) is 0 Å². The highest BCUT2D eigenvalue weighted by Gasteiger charge is 1.98. The molecule has 3 nitrogen and oxygen atoms in total. The van der Waals surface area contributed by atoms with Crippen LogP contribution in [0.15, 0.2) is 42.7 Å². The van der Waals surface area contributed by atoms with Crippen molar-refractivity contribution in [3.8, 4) is 0 Å². The summed E-state index contributed by atoms with van der Waals surface area (Å²) in [5, 5.41) is 3.85. The van der Waals surface area contributed by atoms with Crippen LogP contribution in [-0.2, 0) is 0 Å². The molecule has 0 saturated carbocycles. The zero-order valence-electron chi connectivity index (χ0n) is 7.94. The van der Waals surface area contributed by atoms with Crippen molar-refractivity contribution < 1.29 is 0 Å². The van der Waals surface area contributed by atoms with E-state index in [4.69, 9.17) is 17.3 Å². The van der Waals surface area contributed by atoms with Crippen LogP contribution < -0.4 is 11.1 Å². The lowest BCUT2D eigenvalue weighted by Crippen LogP contribution is -1.96. The molecule has 2 rings (SSSR count). The third kappa shape index (κ3) is 2.39. The highest BCUT2D eigenvalue weighted by molar-refractivity contribution is 6.30. The van der Waals surface area contributed by atoms with Gasteiger partial charge in [0.05, 0.1) is 17.6 Å². The lowest BCUT2D eigenvalue weighted by atomic mass is 10.3. The van der Waals surface area contributed by atoms with Crippen molar-refractivity contribution in [3.05, 3.63) is 47.7 Å². The summed E-state index contributed by atoms with van der Waals surface area (Å²) in [5.41, 5.74) is 8.09. The van der Waals surface area contributed by atoms with Crippen LogP contribution in [0, 0.1) is 0 Å². The largest absolute Gasteiger partial charge is 0.396 e. The molecule has 0 spiro atoms. The van der Waals surface area contributed by atoms with E-state index in [2.05, 4.69) is 10.3 Å². The molecule has 0 aliphatic carbocycles. The normalized spacial score (nSPS) is 9.93. The Morgan fingerprint density at radius 1 is 1.27 bits per heavy atom. The molecule has 0 saturated heterocycles. The molecular formula is C11H10ClN3. The lowest BCUT2D eigenvalue weighted by molar-refractivity contribution is 1.33. The fourth-order valence-corrected chi connectivity index (χ4v) is 1.43. The summed E-state index contributed by atoms with van der Waals surface area (Å²) in [5.74, 6) is 0. The van der Waals surface area contributed by atoms with E-state index in [1.165, 1.54) is 0 Å². The van der Waals surface area contributed by atoms with Gasteiger partial charge in [-0.1, -0.05) is 17.7 Å². The molecular weight excluding hydrogens is 210 g/mol. The smallest absolute Gasteiger partial charge is 0.0739 e. The van der Waals surface area contributed by atoms with Gasteiger partial charge < -0.3 is 11.1 Å². The highest BCUT2D eigenvalue weighted by atomic mass is 35.5. The van der Waals surface area contributed by atoms with Crippen molar-refractivity contribution in [2.24, 2.45) is 0 Å². The SMILES string of the molecule is Nc1cnccc1Nc1cccc(Cl)c1. The van der Waals surface area contributed by atoms with Crippen molar-refractivity contribution in [1.29, 1.82) is 0 Å². The number of anilines is 3. The molecule has 1 aromatic carbocycles. The summed E-state index contributed by atoms with van der Waals surface area (Å²) in [6.45, 7) is 0. The van der Waals surface area contributed by atoms with Crippen LogP contribution in [0.2, 0.25) is 5.02 Å². The average molecular weight is 220 g/mol. The molecule has 15 heavy (non-hydrogen) atoms. The number of hydrogen-bond acceptors (Lipinski definition) is 3. The van der Waals surface area contributed by atoms with Gasteiger partial charge in [0, 0.05) is 16.9 Å². The monoisotopic (exact) mass is 219 g/mol. The Morgan fingerprint density at radius 3 is 2.87 bits per heavy atom. The molecule has 76 valence electrons. The highest BCUT2D eigenvalue weighted by Crippen LogP contribution is 2.23. The maximum absolute atomic E-state index is 5.87. The number of aromatic nitrogens is 1. The van der Waals surface area contributed by atoms with Gasteiger partial charge >= 0.3 is 0 Å². The molecule has 0 fully saturated rings. The molecule has 3 N–H and O–H groups in total. The first-order valence-corrected chi connectivity index (χ1v) is 4.85. The average Bonchev–Trinajstić information content (AvgIpc) is 2.22. The van der Waals surface area contributed by atoms with Crippen LogP contribution in [0.3, 0.4) is 0 Å². The van der Waals surface area contributed by atoms with Gasteiger partial charge in [-0.2, -0.15) is 0 Å². The van der Waals surface area contributed by atoms with Crippen LogP contribution in [0.25, 0.3) is 0 Å².